The molecule has 12 nitrogen and oxygen atoms in total. The Balaban J connectivity index is 1.10. The normalized spacial score (nSPS) is 17.6. The van der Waals surface area contributed by atoms with E-state index in [1.54, 1.807) is 16.6 Å². The first-order valence-electron chi connectivity index (χ1n) is 19.9. The number of unbranched alkanes of at least 4 members (excludes halogenated alkanes) is 15. The number of anilines is 1. The first kappa shape index (κ1) is 42.9. The highest BCUT2D eigenvalue weighted by atomic mass is 31.2. The van der Waals surface area contributed by atoms with Gasteiger partial charge in [-0.2, -0.15) is 10.4 Å². The van der Waals surface area contributed by atoms with E-state index in [2.05, 4.69) is 23.1 Å². The number of fused-ring (bicyclic) bond motifs is 1. The highest BCUT2D eigenvalue weighted by Crippen LogP contribution is 2.45. The number of nitrogens with zero attached hydrogens (tertiary/aromatic N) is 4. The quantitative estimate of drug-likeness (QED) is 0.0512. The van der Waals surface area contributed by atoms with Crippen LogP contribution in [0.1, 0.15) is 145 Å². The van der Waals surface area contributed by atoms with Gasteiger partial charge in [0.1, 0.15) is 24.1 Å². The lowest BCUT2D eigenvalue weighted by Crippen LogP contribution is -2.26. The number of nitriles is 1. The van der Waals surface area contributed by atoms with Crippen molar-refractivity contribution in [2.45, 2.75) is 147 Å². The van der Waals surface area contributed by atoms with E-state index in [-0.39, 0.29) is 38.6 Å². The van der Waals surface area contributed by atoms with Gasteiger partial charge in [0, 0.05) is 6.61 Å². The molecule has 1 aliphatic rings. The number of nitrogen functional groups attached to an aromatic ring is 1. The molecular formula is C40H62N5O7P. The van der Waals surface area contributed by atoms with Crippen LogP contribution in [-0.4, -0.2) is 58.1 Å². The second-order valence-electron chi connectivity index (χ2n) is 14.2. The van der Waals surface area contributed by atoms with Gasteiger partial charge in [0.2, 0.25) is 0 Å². The van der Waals surface area contributed by atoms with Crippen LogP contribution in [0.3, 0.4) is 0 Å². The predicted octanol–water partition coefficient (Wildman–Crippen LogP) is 9.40. The molecule has 3 N–H and O–H groups in total. The minimum absolute atomic E-state index is 0.1000. The van der Waals surface area contributed by atoms with Crippen LogP contribution in [0.2, 0.25) is 0 Å². The van der Waals surface area contributed by atoms with Crippen molar-refractivity contribution in [3.63, 3.8) is 0 Å². The molecule has 2 aromatic heterocycles. The molecule has 0 aliphatic carbocycles. The van der Waals surface area contributed by atoms with Crippen LogP contribution in [0, 0.1) is 11.3 Å². The number of aromatic nitrogens is 3. The van der Waals surface area contributed by atoms with E-state index in [1.807, 2.05) is 24.3 Å². The van der Waals surface area contributed by atoms with E-state index in [0.29, 0.717) is 36.3 Å². The zero-order chi connectivity index (χ0) is 37.6. The highest BCUT2D eigenvalue weighted by molar-refractivity contribution is 7.47. The average molecular weight is 756 g/mol. The maximum Gasteiger partial charge on any atom is 0.472 e. The maximum atomic E-state index is 12.9. The number of hydrogen-bond acceptors (Lipinski definition) is 10. The van der Waals surface area contributed by atoms with Gasteiger partial charge in [0.25, 0.3) is 0 Å². The van der Waals surface area contributed by atoms with E-state index in [0.717, 1.165) is 24.1 Å². The van der Waals surface area contributed by atoms with Crippen molar-refractivity contribution in [3.05, 3.63) is 59.5 Å². The van der Waals surface area contributed by atoms with Crippen LogP contribution in [0.4, 0.5) is 5.82 Å². The standard InChI is InChI=1S/C40H62N5O7P/c1-2-3-4-5-6-7-8-9-10-11-12-13-14-15-16-17-26-48-29-36(49-28-34-20-18-33(27-41)19-21-34)31-51-53(46,47)50-30-35-22-25-39(52-35)37-23-24-38-40(42)43-32-44-45(37)38/h18-21,23-24,32,35-36,39H,2-17,22,25-26,28-31H2,1H3,(H,46,47)(H2,42,43,44). The third-order valence-corrected chi connectivity index (χ3v) is 10.8. The zero-order valence-corrected chi connectivity index (χ0v) is 32.6. The van der Waals surface area contributed by atoms with Crippen LogP contribution in [0.25, 0.3) is 5.52 Å². The van der Waals surface area contributed by atoms with Crippen molar-refractivity contribution in [1.29, 1.82) is 5.26 Å². The number of phosphoric ester groups is 1. The van der Waals surface area contributed by atoms with Gasteiger partial charge in [-0.05, 0) is 49.1 Å². The summed E-state index contributed by atoms with van der Waals surface area (Å²) in [4.78, 5) is 14.5. The zero-order valence-electron chi connectivity index (χ0n) is 31.7. The first-order chi connectivity index (χ1) is 25.9. The number of ether oxygens (including phenoxy) is 3. The van der Waals surface area contributed by atoms with Gasteiger partial charge in [-0.1, -0.05) is 115 Å². The fraction of sp³-hybridized carbons (Fsp3) is 0.675. The third kappa shape index (κ3) is 16.2. The molecule has 3 heterocycles. The van der Waals surface area contributed by atoms with Crippen LogP contribution >= 0.6 is 7.82 Å². The predicted molar refractivity (Wildman–Crippen MR) is 206 cm³/mol. The molecule has 1 aliphatic heterocycles. The SMILES string of the molecule is CCCCCCCCCCCCCCCCCCOCC(COP(=O)(O)OCC1CCC(c2ccc3c(N)ncnn23)O1)OCc1ccc(C#N)cc1. The summed E-state index contributed by atoms with van der Waals surface area (Å²) < 4.78 is 43.4. The lowest BCUT2D eigenvalue weighted by Gasteiger charge is -2.21. The molecule has 1 aromatic carbocycles. The van der Waals surface area contributed by atoms with Crippen LogP contribution in [-0.2, 0) is 34.4 Å². The second kappa shape index (κ2) is 24.5. The number of rotatable bonds is 29. The molecule has 0 spiro atoms. The maximum absolute atomic E-state index is 12.9. The Hall–Kier alpha value is -2.88. The largest absolute Gasteiger partial charge is 0.472 e. The molecule has 3 aromatic rings. The summed E-state index contributed by atoms with van der Waals surface area (Å²) in [5.74, 6) is 0.382. The average Bonchev–Trinajstić information content (AvgIpc) is 3.83. The van der Waals surface area contributed by atoms with E-state index in [4.69, 9.17) is 34.3 Å². The van der Waals surface area contributed by atoms with Gasteiger partial charge in [-0.3, -0.25) is 9.05 Å². The summed E-state index contributed by atoms with van der Waals surface area (Å²) in [6.45, 7) is 3.01. The van der Waals surface area contributed by atoms with Crippen molar-refractivity contribution in [2.75, 3.05) is 32.2 Å². The Kier molecular flexibility index (Phi) is 19.8. The number of phosphoric acid groups is 1. The molecule has 294 valence electrons. The van der Waals surface area contributed by atoms with Crippen LogP contribution < -0.4 is 5.73 Å². The number of benzene rings is 1. The molecule has 0 saturated carbocycles. The summed E-state index contributed by atoms with van der Waals surface area (Å²) in [5, 5.41) is 13.4. The summed E-state index contributed by atoms with van der Waals surface area (Å²) in [7, 11) is -4.40. The molecule has 4 rings (SSSR count). The smallest absolute Gasteiger partial charge is 0.382 e. The van der Waals surface area contributed by atoms with E-state index in [9.17, 15) is 9.46 Å². The van der Waals surface area contributed by atoms with Crippen molar-refractivity contribution in [3.8, 4) is 6.07 Å². The van der Waals surface area contributed by atoms with Gasteiger partial charge >= 0.3 is 7.82 Å². The van der Waals surface area contributed by atoms with Crippen LogP contribution in [0.5, 0.6) is 0 Å². The van der Waals surface area contributed by atoms with Crippen molar-refractivity contribution in [2.24, 2.45) is 0 Å². The summed E-state index contributed by atoms with van der Waals surface area (Å²) >= 11 is 0. The second-order valence-corrected chi connectivity index (χ2v) is 15.7. The fourth-order valence-electron chi connectivity index (χ4n) is 6.66. The Morgan fingerprint density at radius 3 is 2.19 bits per heavy atom. The molecule has 0 bridgehead atoms. The molecule has 4 unspecified atom stereocenters. The molecule has 4 atom stereocenters. The monoisotopic (exact) mass is 755 g/mol. The summed E-state index contributed by atoms with van der Waals surface area (Å²) in [6, 6.07) is 12.9. The van der Waals surface area contributed by atoms with Gasteiger partial charge in [-0.25, -0.2) is 14.1 Å². The molecule has 0 amide bonds. The Morgan fingerprint density at radius 2 is 1.55 bits per heavy atom. The minimum atomic E-state index is -4.40. The van der Waals surface area contributed by atoms with E-state index >= 15 is 0 Å². The molecular weight excluding hydrogens is 693 g/mol. The van der Waals surface area contributed by atoms with Crippen molar-refractivity contribution in [1.82, 2.24) is 14.6 Å². The van der Waals surface area contributed by atoms with Gasteiger partial charge < -0.3 is 24.8 Å². The van der Waals surface area contributed by atoms with E-state index < -0.39 is 13.9 Å². The van der Waals surface area contributed by atoms with Gasteiger partial charge in [0.15, 0.2) is 5.82 Å². The van der Waals surface area contributed by atoms with Crippen molar-refractivity contribution < 1.29 is 32.7 Å². The molecule has 0 radical (unpaired) electrons. The van der Waals surface area contributed by atoms with E-state index in [1.165, 1.54) is 96.2 Å². The lowest BCUT2D eigenvalue weighted by atomic mass is 10.0. The Morgan fingerprint density at radius 1 is 0.906 bits per heavy atom. The topological polar surface area (TPSA) is 163 Å². The number of hydrogen-bond donors (Lipinski definition) is 2. The van der Waals surface area contributed by atoms with Crippen LogP contribution in [0.15, 0.2) is 42.7 Å². The Labute approximate surface area is 316 Å². The summed E-state index contributed by atoms with van der Waals surface area (Å²) in [6.07, 6.45) is 22.5. The number of nitrogens with two attached hydrogens (primary N) is 1. The molecule has 1 saturated heterocycles. The third-order valence-electron chi connectivity index (χ3n) is 9.81. The molecule has 1 fully saturated rings. The van der Waals surface area contributed by atoms with Crippen molar-refractivity contribution >= 4 is 19.2 Å². The Bertz CT molecular complexity index is 1530. The van der Waals surface area contributed by atoms with Gasteiger partial charge in [0.05, 0.1) is 49.9 Å². The van der Waals surface area contributed by atoms with Gasteiger partial charge in [-0.15, -0.1) is 0 Å². The summed E-state index contributed by atoms with van der Waals surface area (Å²) in [5.41, 5.74) is 8.92. The molecule has 53 heavy (non-hydrogen) atoms. The molecule has 13 heteroatoms. The fourth-order valence-corrected chi connectivity index (χ4v) is 7.44. The first-order valence-corrected chi connectivity index (χ1v) is 21.4. The minimum Gasteiger partial charge on any atom is -0.382 e. The lowest BCUT2D eigenvalue weighted by molar-refractivity contribution is -0.0529. The highest BCUT2D eigenvalue weighted by Gasteiger charge is 2.32.